The lowest BCUT2D eigenvalue weighted by Crippen LogP contribution is -2.23. The topological polar surface area (TPSA) is 35.0 Å². The second-order valence-corrected chi connectivity index (χ2v) is 7.66. The van der Waals surface area contributed by atoms with Crippen molar-refractivity contribution in [2.24, 2.45) is 11.3 Å². The maximum atomic E-state index is 12.8. The van der Waals surface area contributed by atoms with Gasteiger partial charge in [-0.05, 0) is 48.4 Å². The van der Waals surface area contributed by atoms with E-state index in [0.717, 1.165) is 17.7 Å². The van der Waals surface area contributed by atoms with Crippen LogP contribution in [0.25, 0.3) is 11.3 Å². The van der Waals surface area contributed by atoms with Gasteiger partial charge in [-0.15, -0.1) is 0 Å². The van der Waals surface area contributed by atoms with E-state index in [-0.39, 0.29) is 11.1 Å². The van der Waals surface area contributed by atoms with E-state index in [1.165, 1.54) is 12.3 Å². The lowest BCUT2D eigenvalue weighted by molar-refractivity contribution is 0.146. The quantitative estimate of drug-likeness (QED) is 0.630. The fraction of sp³-hybridized carbons (Fsp3) is 0.500. The van der Waals surface area contributed by atoms with Crippen molar-refractivity contribution in [1.29, 1.82) is 0 Å². The van der Waals surface area contributed by atoms with Gasteiger partial charge in [0.25, 0.3) is 6.43 Å². The maximum Gasteiger partial charge on any atom is 0.280 e. The first-order valence-electron chi connectivity index (χ1n) is 8.52. The third-order valence-electron chi connectivity index (χ3n) is 3.94. The van der Waals surface area contributed by atoms with E-state index in [1.54, 1.807) is 12.3 Å². The molecule has 136 valence electrons. The van der Waals surface area contributed by atoms with Crippen LogP contribution in [0.15, 0.2) is 30.6 Å². The fourth-order valence-electron chi connectivity index (χ4n) is 3.02. The summed E-state index contributed by atoms with van der Waals surface area (Å²) in [6, 6.07) is 4.91. The van der Waals surface area contributed by atoms with Crippen LogP contribution < -0.4 is 4.74 Å². The number of alkyl halides is 2. The van der Waals surface area contributed by atoms with E-state index in [2.05, 4.69) is 37.7 Å². The zero-order chi connectivity index (χ0) is 18.6. The van der Waals surface area contributed by atoms with Crippen molar-refractivity contribution < 1.29 is 13.5 Å². The van der Waals surface area contributed by atoms with E-state index in [9.17, 15) is 8.78 Å². The summed E-state index contributed by atoms with van der Waals surface area (Å²) >= 11 is 0. The zero-order valence-corrected chi connectivity index (χ0v) is 15.5. The van der Waals surface area contributed by atoms with Crippen LogP contribution in [0.3, 0.4) is 0 Å². The fourth-order valence-corrected chi connectivity index (χ4v) is 3.02. The van der Waals surface area contributed by atoms with Gasteiger partial charge >= 0.3 is 0 Å². The summed E-state index contributed by atoms with van der Waals surface area (Å²) in [5.74, 6) is 1.33. The molecule has 0 bridgehead atoms. The Bertz CT molecular complexity index is 715. The van der Waals surface area contributed by atoms with Gasteiger partial charge in [0, 0.05) is 11.8 Å². The summed E-state index contributed by atoms with van der Waals surface area (Å²) in [6.07, 6.45) is 1.53. The smallest absolute Gasteiger partial charge is 0.280 e. The molecule has 2 rings (SSSR count). The van der Waals surface area contributed by atoms with Crippen molar-refractivity contribution in [2.45, 2.75) is 47.5 Å². The minimum Gasteiger partial charge on any atom is -0.491 e. The monoisotopic (exact) mass is 348 g/mol. The van der Waals surface area contributed by atoms with Gasteiger partial charge in [0.2, 0.25) is 0 Å². The summed E-state index contributed by atoms with van der Waals surface area (Å²) in [4.78, 5) is 8.06. The lowest BCUT2D eigenvalue weighted by Gasteiger charge is -2.27. The van der Waals surface area contributed by atoms with Crippen LogP contribution in [-0.4, -0.2) is 16.6 Å². The Labute approximate surface area is 148 Å². The minimum absolute atomic E-state index is 0.0799. The molecular formula is C20H26F2N2O. The molecule has 0 unspecified atom stereocenters. The first kappa shape index (κ1) is 19.3. The first-order valence-corrected chi connectivity index (χ1v) is 8.52. The molecule has 0 N–H and O–H groups in total. The molecule has 0 radical (unpaired) electrons. The highest BCUT2D eigenvalue weighted by Crippen LogP contribution is 2.29. The maximum absolute atomic E-state index is 12.8. The van der Waals surface area contributed by atoms with Crippen LogP contribution in [-0.2, 0) is 0 Å². The Morgan fingerprint density at radius 2 is 1.88 bits per heavy atom. The number of rotatable bonds is 7. The molecule has 0 aliphatic rings. The van der Waals surface area contributed by atoms with Crippen molar-refractivity contribution in [1.82, 2.24) is 9.97 Å². The minimum atomic E-state index is -2.59. The third kappa shape index (κ3) is 5.48. The highest BCUT2D eigenvalue weighted by molar-refractivity contribution is 5.61. The number of ether oxygens (including phenoxy) is 1. The van der Waals surface area contributed by atoms with Gasteiger partial charge in [0.15, 0.2) is 0 Å². The summed E-state index contributed by atoms with van der Waals surface area (Å²) in [7, 11) is 0. The molecular weight excluding hydrogens is 322 g/mol. The summed E-state index contributed by atoms with van der Waals surface area (Å²) < 4.78 is 31.6. The van der Waals surface area contributed by atoms with E-state index in [4.69, 9.17) is 4.74 Å². The Morgan fingerprint density at radius 3 is 2.48 bits per heavy atom. The number of aryl methyl sites for hydroxylation is 1. The molecule has 25 heavy (non-hydrogen) atoms. The van der Waals surface area contributed by atoms with Crippen molar-refractivity contribution in [3.05, 3.63) is 41.9 Å². The molecule has 2 aromatic rings. The highest BCUT2D eigenvalue weighted by Gasteiger charge is 2.21. The molecule has 2 heterocycles. The van der Waals surface area contributed by atoms with E-state index >= 15 is 0 Å². The van der Waals surface area contributed by atoms with Gasteiger partial charge in [-0.3, -0.25) is 9.97 Å². The molecule has 0 aliphatic carbocycles. The second-order valence-electron chi connectivity index (χ2n) is 7.66. The number of halogens is 2. The lowest BCUT2D eigenvalue weighted by atomic mass is 9.85. The standard InChI is InChI=1S/C20H26F2N2O/c1-13(2)10-20(4,5)12-25-18-11-24-16(8-14(18)3)15-6-7-23-17(9-15)19(21)22/h6-9,11,13,19H,10,12H2,1-5H3. The molecule has 0 saturated carbocycles. The number of pyridine rings is 2. The average molecular weight is 348 g/mol. The SMILES string of the molecule is Cc1cc(-c2ccnc(C(F)F)c2)ncc1OCC(C)(C)CC(C)C. The summed E-state index contributed by atoms with van der Waals surface area (Å²) in [5.41, 5.74) is 2.03. The van der Waals surface area contributed by atoms with E-state index in [1.807, 2.05) is 13.0 Å². The van der Waals surface area contributed by atoms with Crippen LogP contribution in [0.1, 0.15) is 51.8 Å². The second kappa shape index (κ2) is 7.89. The first-order chi connectivity index (χ1) is 11.7. The van der Waals surface area contributed by atoms with Crippen molar-refractivity contribution in [3.63, 3.8) is 0 Å². The zero-order valence-electron chi connectivity index (χ0n) is 15.5. The Kier molecular flexibility index (Phi) is 6.09. The Balaban J connectivity index is 2.14. The number of aromatic nitrogens is 2. The average Bonchev–Trinajstić information content (AvgIpc) is 2.52. The van der Waals surface area contributed by atoms with Gasteiger partial charge in [-0.1, -0.05) is 27.7 Å². The van der Waals surface area contributed by atoms with E-state index in [0.29, 0.717) is 23.8 Å². The van der Waals surface area contributed by atoms with Crippen LogP contribution in [0.2, 0.25) is 0 Å². The van der Waals surface area contributed by atoms with Gasteiger partial charge in [0.1, 0.15) is 11.4 Å². The van der Waals surface area contributed by atoms with E-state index < -0.39 is 6.43 Å². The van der Waals surface area contributed by atoms with Crippen LogP contribution in [0, 0.1) is 18.3 Å². The molecule has 0 saturated heterocycles. The van der Waals surface area contributed by atoms with Crippen LogP contribution in [0.5, 0.6) is 5.75 Å². The predicted octanol–water partition coefficient (Wildman–Crippen LogP) is 5.84. The van der Waals surface area contributed by atoms with Crippen LogP contribution in [0.4, 0.5) is 8.78 Å². The highest BCUT2D eigenvalue weighted by atomic mass is 19.3. The molecule has 5 heteroatoms. The molecule has 0 fully saturated rings. The van der Waals surface area contributed by atoms with Crippen molar-refractivity contribution >= 4 is 0 Å². The normalized spacial score (nSPS) is 12.0. The van der Waals surface area contributed by atoms with Crippen molar-refractivity contribution in [3.8, 4) is 17.0 Å². The molecule has 0 aliphatic heterocycles. The molecule has 0 amide bonds. The molecule has 2 aromatic heterocycles. The predicted molar refractivity (Wildman–Crippen MR) is 95.9 cm³/mol. The summed E-state index contributed by atoms with van der Waals surface area (Å²) in [5, 5.41) is 0. The number of hydrogen-bond donors (Lipinski definition) is 0. The van der Waals surface area contributed by atoms with Gasteiger partial charge < -0.3 is 4.74 Å². The van der Waals surface area contributed by atoms with Gasteiger partial charge in [0.05, 0.1) is 18.5 Å². The largest absolute Gasteiger partial charge is 0.491 e. The molecule has 0 spiro atoms. The number of nitrogens with zero attached hydrogens (tertiary/aromatic N) is 2. The van der Waals surface area contributed by atoms with Gasteiger partial charge in [-0.25, -0.2) is 8.78 Å². The number of hydrogen-bond acceptors (Lipinski definition) is 3. The molecule has 0 atom stereocenters. The molecule has 0 aromatic carbocycles. The third-order valence-corrected chi connectivity index (χ3v) is 3.94. The molecule has 3 nitrogen and oxygen atoms in total. The Hall–Kier alpha value is -2.04. The summed E-state index contributed by atoms with van der Waals surface area (Å²) in [6.45, 7) is 11.3. The van der Waals surface area contributed by atoms with Gasteiger partial charge in [-0.2, -0.15) is 0 Å². The van der Waals surface area contributed by atoms with Crippen LogP contribution >= 0.6 is 0 Å². The van der Waals surface area contributed by atoms with Crippen molar-refractivity contribution in [2.75, 3.05) is 6.61 Å². The Morgan fingerprint density at radius 1 is 1.16 bits per heavy atom.